The molecule has 1 fully saturated rings. The van der Waals surface area contributed by atoms with Crippen LogP contribution in [0.5, 0.6) is 0 Å². The second-order valence-electron chi connectivity index (χ2n) is 4.66. The molecule has 1 saturated carbocycles. The van der Waals surface area contributed by atoms with E-state index in [-0.39, 0.29) is 10.2 Å². The average molecular weight is 354 g/mol. The van der Waals surface area contributed by atoms with Crippen LogP contribution in [0.15, 0.2) is 16.6 Å². The highest BCUT2D eigenvalue weighted by Crippen LogP contribution is 2.29. The predicted octanol–water partition coefficient (Wildman–Crippen LogP) is 3.80. The molecule has 0 aromatic heterocycles. The Balaban J connectivity index is 2.25. The molecule has 1 aromatic rings. The molecular weight excluding hydrogens is 340 g/mol. The fraction of sp³-hybridized carbons (Fsp3) is 0.500. The van der Waals surface area contributed by atoms with Gasteiger partial charge in [-0.15, -0.1) is 0 Å². The number of hydrogen-bond acceptors (Lipinski definition) is 2. The lowest BCUT2D eigenvalue weighted by Crippen LogP contribution is -2.30. The minimum absolute atomic E-state index is 0.103. The third kappa shape index (κ3) is 3.45. The third-order valence-corrected chi connectivity index (χ3v) is 5.67. The number of anilines is 1. The summed E-state index contributed by atoms with van der Waals surface area (Å²) in [6.45, 7) is 0. The molecule has 1 aliphatic rings. The van der Waals surface area contributed by atoms with Crippen molar-refractivity contribution in [3.8, 4) is 0 Å². The van der Waals surface area contributed by atoms with Gasteiger partial charge < -0.3 is 0 Å². The van der Waals surface area contributed by atoms with E-state index in [2.05, 4.69) is 20.7 Å². The average Bonchev–Trinajstić information content (AvgIpc) is 2.36. The largest absolute Gasteiger partial charge is 0.280 e. The van der Waals surface area contributed by atoms with Crippen molar-refractivity contribution < 1.29 is 17.2 Å². The maximum Gasteiger partial charge on any atom is 0.235 e. The summed E-state index contributed by atoms with van der Waals surface area (Å²) >= 11 is 2.85. The number of hydrogen-bond donors (Lipinski definition) is 1. The zero-order valence-corrected chi connectivity index (χ0v) is 12.5. The monoisotopic (exact) mass is 353 g/mol. The minimum Gasteiger partial charge on any atom is -0.280 e. The first-order valence-corrected chi connectivity index (χ1v) is 8.40. The topological polar surface area (TPSA) is 46.2 Å². The Kier molecular flexibility index (Phi) is 4.45. The van der Waals surface area contributed by atoms with Gasteiger partial charge in [-0.2, -0.15) is 0 Å². The van der Waals surface area contributed by atoms with Crippen molar-refractivity contribution in [3.63, 3.8) is 0 Å². The van der Waals surface area contributed by atoms with Crippen LogP contribution in [0.25, 0.3) is 0 Å². The number of nitrogens with one attached hydrogen (secondary N) is 1. The maximum atomic E-state index is 13.7. The van der Waals surface area contributed by atoms with Crippen molar-refractivity contribution in [2.24, 2.45) is 0 Å². The normalized spacial score (nSPS) is 17.4. The van der Waals surface area contributed by atoms with E-state index in [1.807, 2.05) is 0 Å². The van der Waals surface area contributed by atoms with Crippen molar-refractivity contribution >= 4 is 31.6 Å². The lowest BCUT2D eigenvalue weighted by Gasteiger charge is -2.22. The summed E-state index contributed by atoms with van der Waals surface area (Å²) in [7, 11) is -3.67. The first-order chi connectivity index (χ1) is 8.90. The molecule has 0 spiro atoms. The lowest BCUT2D eigenvalue weighted by atomic mass is 10.0. The predicted molar refractivity (Wildman–Crippen MR) is 73.5 cm³/mol. The van der Waals surface area contributed by atoms with Gasteiger partial charge in [-0.3, -0.25) is 4.72 Å². The Morgan fingerprint density at radius 3 is 2.42 bits per heavy atom. The number of sulfonamides is 1. The molecule has 0 unspecified atom stereocenters. The van der Waals surface area contributed by atoms with E-state index in [4.69, 9.17) is 0 Å². The van der Waals surface area contributed by atoms with E-state index < -0.39 is 26.9 Å². The lowest BCUT2D eigenvalue weighted by molar-refractivity contribution is 0.486. The molecule has 1 aromatic carbocycles. The summed E-state index contributed by atoms with van der Waals surface area (Å²) in [5.41, 5.74) is -0.350. The second-order valence-corrected chi connectivity index (χ2v) is 7.47. The minimum atomic E-state index is -3.67. The molecule has 7 heteroatoms. The van der Waals surface area contributed by atoms with Gasteiger partial charge in [0.25, 0.3) is 0 Å². The van der Waals surface area contributed by atoms with Gasteiger partial charge in [-0.25, -0.2) is 17.2 Å². The van der Waals surface area contributed by atoms with Crippen LogP contribution in [0.2, 0.25) is 0 Å². The molecule has 3 nitrogen and oxygen atoms in total. The van der Waals surface area contributed by atoms with Crippen molar-refractivity contribution in [3.05, 3.63) is 28.2 Å². The molecule has 1 N–H and O–H groups in total. The van der Waals surface area contributed by atoms with Crippen molar-refractivity contribution in [1.29, 1.82) is 0 Å². The zero-order chi connectivity index (χ0) is 14.0. The van der Waals surface area contributed by atoms with E-state index in [1.165, 1.54) is 0 Å². The molecule has 2 rings (SSSR count). The number of halogens is 3. The molecule has 0 saturated heterocycles. The first-order valence-electron chi connectivity index (χ1n) is 6.06. The Bertz CT molecular complexity index is 571. The first kappa shape index (κ1) is 14.7. The van der Waals surface area contributed by atoms with Crippen LogP contribution >= 0.6 is 15.9 Å². The van der Waals surface area contributed by atoms with Gasteiger partial charge in [0.2, 0.25) is 10.0 Å². The second kappa shape index (κ2) is 5.75. The van der Waals surface area contributed by atoms with E-state index >= 15 is 0 Å². The molecule has 106 valence electrons. The van der Waals surface area contributed by atoms with E-state index in [1.54, 1.807) is 0 Å². The van der Waals surface area contributed by atoms with Crippen molar-refractivity contribution in [1.82, 2.24) is 0 Å². The van der Waals surface area contributed by atoms with Crippen LogP contribution in [0.1, 0.15) is 32.1 Å². The fourth-order valence-corrected chi connectivity index (χ4v) is 4.25. The van der Waals surface area contributed by atoms with Crippen LogP contribution in [0.3, 0.4) is 0 Å². The smallest absolute Gasteiger partial charge is 0.235 e. The van der Waals surface area contributed by atoms with Gasteiger partial charge in [0.05, 0.1) is 15.4 Å². The fourth-order valence-electron chi connectivity index (χ4n) is 2.24. The van der Waals surface area contributed by atoms with E-state index in [0.717, 1.165) is 31.4 Å². The third-order valence-electron chi connectivity index (χ3n) is 3.24. The Labute approximate surface area is 119 Å². The number of benzene rings is 1. The molecule has 0 heterocycles. The zero-order valence-electron chi connectivity index (χ0n) is 10.1. The highest BCUT2D eigenvalue weighted by Gasteiger charge is 2.28. The van der Waals surface area contributed by atoms with Gasteiger partial charge in [0, 0.05) is 6.07 Å². The summed E-state index contributed by atoms with van der Waals surface area (Å²) in [6, 6.07) is 1.80. The summed E-state index contributed by atoms with van der Waals surface area (Å²) in [5.74, 6) is -1.50. The van der Waals surface area contributed by atoms with Crippen LogP contribution in [0, 0.1) is 11.6 Å². The summed E-state index contributed by atoms with van der Waals surface area (Å²) in [6.07, 6.45) is 3.84. The standard InChI is InChI=1S/C12H14BrF2NO2S/c13-10-6-8(14)7-11(12(10)15)16-19(17,18)9-4-2-1-3-5-9/h6-7,9,16H,1-5H2. The van der Waals surface area contributed by atoms with Crippen LogP contribution in [-0.4, -0.2) is 13.7 Å². The van der Waals surface area contributed by atoms with E-state index in [0.29, 0.717) is 12.8 Å². The van der Waals surface area contributed by atoms with E-state index in [9.17, 15) is 17.2 Å². The van der Waals surface area contributed by atoms with Gasteiger partial charge in [-0.1, -0.05) is 19.3 Å². The SMILES string of the molecule is O=S(=O)(Nc1cc(F)cc(Br)c1F)C1CCCCC1. The molecule has 0 radical (unpaired) electrons. The molecule has 0 bridgehead atoms. The van der Waals surface area contributed by atoms with Crippen LogP contribution < -0.4 is 4.72 Å². The highest BCUT2D eigenvalue weighted by molar-refractivity contribution is 9.10. The quantitative estimate of drug-likeness (QED) is 0.840. The van der Waals surface area contributed by atoms with Crippen LogP contribution in [-0.2, 0) is 10.0 Å². The van der Waals surface area contributed by atoms with Crippen molar-refractivity contribution in [2.45, 2.75) is 37.4 Å². The molecule has 19 heavy (non-hydrogen) atoms. The summed E-state index contributed by atoms with van der Waals surface area (Å²) in [4.78, 5) is 0. The molecule has 0 aliphatic heterocycles. The maximum absolute atomic E-state index is 13.7. The van der Waals surface area contributed by atoms with Crippen LogP contribution in [0.4, 0.5) is 14.5 Å². The van der Waals surface area contributed by atoms with Gasteiger partial charge in [0.1, 0.15) is 5.82 Å². The Morgan fingerprint density at radius 1 is 1.16 bits per heavy atom. The number of rotatable bonds is 3. The van der Waals surface area contributed by atoms with Gasteiger partial charge in [0.15, 0.2) is 5.82 Å². The Hall–Kier alpha value is -0.690. The van der Waals surface area contributed by atoms with Crippen molar-refractivity contribution in [2.75, 3.05) is 4.72 Å². The summed E-state index contributed by atoms with van der Waals surface area (Å²) in [5, 5.41) is -0.525. The van der Waals surface area contributed by atoms with Gasteiger partial charge >= 0.3 is 0 Å². The molecular formula is C12H14BrF2NO2S. The molecule has 1 aliphatic carbocycles. The van der Waals surface area contributed by atoms with Gasteiger partial charge in [-0.05, 0) is 34.8 Å². The molecule has 0 atom stereocenters. The molecule has 0 amide bonds. The Morgan fingerprint density at radius 2 is 1.79 bits per heavy atom. The highest BCUT2D eigenvalue weighted by atomic mass is 79.9. The summed E-state index contributed by atoms with van der Waals surface area (Å²) < 4.78 is 53.2.